The van der Waals surface area contributed by atoms with Crippen LogP contribution in [0.4, 0.5) is 5.69 Å². The number of para-hydroxylation sites is 1. The normalized spacial score (nSPS) is 12.6. The average molecular weight is 280 g/mol. The van der Waals surface area contributed by atoms with Gasteiger partial charge in [-0.15, -0.1) is 0 Å². The van der Waals surface area contributed by atoms with E-state index in [1.807, 2.05) is 18.2 Å². The number of methoxy groups -OCH3 is 2. The van der Waals surface area contributed by atoms with Gasteiger partial charge in [-0.3, -0.25) is 4.90 Å². The first-order chi connectivity index (χ1) is 9.77. The molecule has 0 heterocycles. The lowest BCUT2D eigenvalue weighted by atomic mass is 10.2. The van der Waals surface area contributed by atoms with Crippen LogP contribution in [0.3, 0.4) is 0 Å². The Balaban J connectivity index is 2.38. The van der Waals surface area contributed by atoms with Crippen LogP contribution in [0.25, 0.3) is 0 Å². The first-order valence-electron chi connectivity index (χ1n) is 7.28. The average Bonchev–Trinajstić information content (AvgIpc) is 2.49. The van der Waals surface area contributed by atoms with Crippen molar-refractivity contribution in [1.82, 2.24) is 4.90 Å². The van der Waals surface area contributed by atoms with E-state index in [0.717, 1.165) is 39.3 Å². The highest BCUT2D eigenvalue weighted by molar-refractivity contribution is 5.42. The molecule has 0 bridgehead atoms. The van der Waals surface area contributed by atoms with Gasteiger partial charge in [0.25, 0.3) is 0 Å². The minimum absolute atomic E-state index is 0.460. The fourth-order valence-corrected chi connectivity index (χ4v) is 2.12. The van der Waals surface area contributed by atoms with Gasteiger partial charge in [-0.2, -0.15) is 0 Å². The number of nitrogens with zero attached hydrogens (tertiary/aromatic N) is 1. The lowest BCUT2D eigenvalue weighted by Gasteiger charge is -2.29. The van der Waals surface area contributed by atoms with Crippen LogP contribution in [0.2, 0.25) is 0 Å². The fourth-order valence-electron chi connectivity index (χ4n) is 2.12. The fraction of sp³-hybridized carbons (Fsp3) is 0.625. The van der Waals surface area contributed by atoms with Crippen LogP contribution in [-0.4, -0.2) is 58.0 Å². The maximum atomic E-state index is 5.20. The van der Waals surface area contributed by atoms with E-state index in [2.05, 4.69) is 29.3 Å². The van der Waals surface area contributed by atoms with Gasteiger partial charge in [-0.1, -0.05) is 18.2 Å². The number of benzene rings is 1. The molecule has 0 saturated heterocycles. The quantitative estimate of drug-likeness (QED) is 0.631. The highest BCUT2D eigenvalue weighted by Gasteiger charge is 2.13. The van der Waals surface area contributed by atoms with Gasteiger partial charge in [-0.25, -0.2) is 0 Å². The van der Waals surface area contributed by atoms with Gasteiger partial charge in [-0.05, 0) is 25.5 Å². The molecule has 0 saturated carbocycles. The van der Waals surface area contributed by atoms with Crippen LogP contribution in [-0.2, 0) is 9.47 Å². The molecule has 114 valence electrons. The standard InChI is InChI=1S/C16H28N2O2/c1-15(14-17-16-8-5-4-6-9-16)18(11-13-20-3)10-7-12-19-2/h4-6,8-9,15,17H,7,10-14H2,1-3H3. The van der Waals surface area contributed by atoms with Crippen LogP contribution < -0.4 is 5.32 Å². The van der Waals surface area contributed by atoms with Gasteiger partial charge in [0, 0.05) is 52.2 Å². The lowest BCUT2D eigenvalue weighted by Crippen LogP contribution is -2.40. The monoisotopic (exact) mass is 280 g/mol. The second kappa shape index (κ2) is 10.7. The number of hydrogen-bond donors (Lipinski definition) is 1. The summed E-state index contributed by atoms with van der Waals surface area (Å²) in [6, 6.07) is 10.8. The number of rotatable bonds is 11. The first-order valence-corrected chi connectivity index (χ1v) is 7.28. The Morgan fingerprint density at radius 3 is 2.40 bits per heavy atom. The molecular weight excluding hydrogens is 252 g/mol. The predicted octanol–water partition coefficient (Wildman–Crippen LogP) is 2.47. The summed E-state index contributed by atoms with van der Waals surface area (Å²) in [6.07, 6.45) is 1.05. The summed E-state index contributed by atoms with van der Waals surface area (Å²) in [5, 5.41) is 3.48. The molecule has 1 aromatic carbocycles. The highest BCUT2D eigenvalue weighted by Crippen LogP contribution is 2.07. The van der Waals surface area contributed by atoms with Crippen molar-refractivity contribution in [1.29, 1.82) is 0 Å². The van der Waals surface area contributed by atoms with Crippen molar-refractivity contribution in [2.24, 2.45) is 0 Å². The van der Waals surface area contributed by atoms with E-state index in [0.29, 0.717) is 6.04 Å². The summed E-state index contributed by atoms with van der Waals surface area (Å²) in [4.78, 5) is 2.44. The molecule has 0 aliphatic carbocycles. The molecule has 0 aliphatic rings. The smallest absolute Gasteiger partial charge is 0.0589 e. The van der Waals surface area contributed by atoms with E-state index in [4.69, 9.17) is 9.47 Å². The second-order valence-corrected chi connectivity index (χ2v) is 4.97. The summed E-state index contributed by atoms with van der Waals surface area (Å²) in [7, 11) is 3.50. The lowest BCUT2D eigenvalue weighted by molar-refractivity contribution is 0.114. The van der Waals surface area contributed by atoms with Gasteiger partial charge in [0.2, 0.25) is 0 Å². The summed E-state index contributed by atoms with van der Waals surface area (Å²) in [6.45, 7) is 6.75. The highest BCUT2D eigenvalue weighted by atomic mass is 16.5. The van der Waals surface area contributed by atoms with Crippen molar-refractivity contribution in [2.45, 2.75) is 19.4 Å². The second-order valence-electron chi connectivity index (χ2n) is 4.97. The van der Waals surface area contributed by atoms with Gasteiger partial charge in [0.1, 0.15) is 0 Å². The molecule has 0 radical (unpaired) electrons. The van der Waals surface area contributed by atoms with Crippen LogP contribution in [0, 0.1) is 0 Å². The van der Waals surface area contributed by atoms with Gasteiger partial charge >= 0.3 is 0 Å². The van der Waals surface area contributed by atoms with Crippen molar-refractivity contribution in [3.63, 3.8) is 0 Å². The number of hydrogen-bond acceptors (Lipinski definition) is 4. The summed E-state index contributed by atoms with van der Waals surface area (Å²) < 4.78 is 10.3. The Morgan fingerprint density at radius 2 is 1.75 bits per heavy atom. The molecule has 4 heteroatoms. The minimum Gasteiger partial charge on any atom is -0.385 e. The Bertz CT molecular complexity index is 333. The van der Waals surface area contributed by atoms with Gasteiger partial charge < -0.3 is 14.8 Å². The number of anilines is 1. The van der Waals surface area contributed by atoms with Crippen LogP contribution >= 0.6 is 0 Å². The molecule has 1 N–H and O–H groups in total. The van der Waals surface area contributed by atoms with E-state index in [9.17, 15) is 0 Å². The Labute approximate surface area is 123 Å². The van der Waals surface area contributed by atoms with E-state index in [1.54, 1.807) is 14.2 Å². The third-order valence-electron chi connectivity index (χ3n) is 3.38. The van der Waals surface area contributed by atoms with Crippen molar-refractivity contribution in [2.75, 3.05) is 52.4 Å². The van der Waals surface area contributed by atoms with E-state index in [1.165, 1.54) is 5.69 Å². The summed E-state index contributed by atoms with van der Waals surface area (Å²) in [5.41, 5.74) is 1.17. The van der Waals surface area contributed by atoms with Crippen molar-refractivity contribution in [3.8, 4) is 0 Å². The Morgan fingerprint density at radius 1 is 1.05 bits per heavy atom. The van der Waals surface area contributed by atoms with Crippen LogP contribution in [0.1, 0.15) is 13.3 Å². The predicted molar refractivity (Wildman–Crippen MR) is 84.3 cm³/mol. The summed E-state index contributed by atoms with van der Waals surface area (Å²) in [5.74, 6) is 0. The molecule has 0 spiro atoms. The SMILES string of the molecule is COCCCN(CCOC)C(C)CNc1ccccc1. The van der Waals surface area contributed by atoms with Crippen LogP contribution in [0.15, 0.2) is 30.3 Å². The third-order valence-corrected chi connectivity index (χ3v) is 3.38. The maximum absolute atomic E-state index is 5.20. The third kappa shape index (κ3) is 6.89. The molecular formula is C16H28N2O2. The maximum Gasteiger partial charge on any atom is 0.0589 e. The molecule has 4 nitrogen and oxygen atoms in total. The number of nitrogens with one attached hydrogen (secondary N) is 1. The molecule has 1 rings (SSSR count). The molecule has 0 aromatic heterocycles. The van der Waals surface area contributed by atoms with Gasteiger partial charge in [0.05, 0.1) is 6.61 Å². The molecule has 0 aliphatic heterocycles. The first kappa shape index (κ1) is 17.0. The van der Waals surface area contributed by atoms with E-state index in [-0.39, 0.29) is 0 Å². The molecule has 1 aromatic rings. The van der Waals surface area contributed by atoms with Gasteiger partial charge in [0.15, 0.2) is 0 Å². The van der Waals surface area contributed by atoms with E-state index < -0.39 is 0 Å². The minimum atomic E-state index is 0.460. The summed E-state index contributed by atoms with van der Waals surface area (Å²) >= 11 is 0. The Kier molecular flexibility index (Phi) is 9.04. The Hall–Kier alpha value is -1.10. The largest absolute Gasteiger partial charge is 0.385 e. The molecule has 1 atom stereocenters. The molecule has 0 fully saturated rings. The van der Waals surface area contributed by atoms with Crippen molar-refractivity contribution >= 4 is 5.69 Å². The van der Waals surface area contributed by atoms with Crippen molar-refractivity contribution < 1.29 is 9.47 Å². The molecule has 20 heavy (non-hydrogen) atoms. The van der Waals surface area contributed by atoms with Crippen molar-refractivity contribution in [3.05, 3.63) is 30.3 Å². The molecule has 1 unspecified atom stereocenters. The van der Waals surface area contributed by atoms with Crippen LogP contribution in [0.5, 0.6) is 0 Å². The topological polar surface area (TPSA) is 33.7 Å². The zero-order valence-corrected chi connectivity index (χ0v) is 13.0. The number of ether oxygens (including phenoxy) is 2. The van der Waals surface area contributed by atoms with E-state index >= 15 is 0 Å². The zero-order chi connectivity index (χ0) is 14.6. The zero-order valence-electron chi connectivity index (χ0n) is 13.0. The molecule has 0 amide bonds.